The number of halogens is 1. The lowest BCUT2D eigenvalue weighted by Gasteiger charge is -2.43. The molecule has 1 saturated heterocycles. The van der Waals surface area contributed by atoms with Crippen molar-refractivity contribution in [3.8, 4) is 0 Å². The summed E-state index contributed by atoms with van der Waals surface area (Å²) in [6.07, 6.45) is 3.03. The number of rotatable bonds is 2. The number of carbonyl (C=O) groups excluding carboxylic acids is 2. The maximum Gasteiger partial charge on any atom is 0.242 e. The van der Waals surface area contributed by atoms with Gasteiger partial charge in [0, 0.05) is 31.2 Å². The highest BCUT2D eigenvalue weighted by molar-refractivity contribution is 5.99. The van der Waals surface area contributed by atoms with Crippen LogP contribution in [0.25, 0.3) is 0 Å². The van der Waals surface area contributed by atoms with E-state index in [1.165, 1.54) is 0 Å². The number of para-hydroxylation sites is 1. The van der Waals surface area contributed by atoms with Gasteiger partial charge in [0.25, 0.3) is 0 Å². The molecule has 0 aliphatic carbocycles. The van der Waals surface area contributed by atoms with Crippen molar-refractivity contribution in [1.29, 1.82) is 0 Å². The highest BCUT2D eigenvalue weighted by atomic mass is 35.5. The summed E-state index contributed by atoms with van der Waals surface area (Å²) in [5.74, 6) is 0.0568. The molecule has 1 aromatic rings. The second-order valence-corrected chi connectivity index (χ2v) is 7.66. The van der Waals surface area contributed by atoms with Crippen LogP contribution in [-0.4, -0.2) is 42.4 Å². The molecule has 2 aliphatic rings. The summed E-state index contributed by atoms with van der Waals surface area (Å²) >= 11 is 0. The molecule has 2 amide bonds. The number of fused-ring (bicyclic) bond motifs is 1. The number of amides is 2. The van der Waals surface area contributed by atoms with Crippen molar-refractivity contribution in [2.24, 2.45) is 11.1 Å². The van der Waals surface area contributed by atoms with Crippen molar-refractivity contribution in [3.63, 3.8) is 0 Å². The van der Waals surface area contributed by atoms with E-state index in [9.17, 15) is 9.59 Å². The van der Waals surface area contributed by atoms with Crippen molar-refractivity contribution in [3.05, 3.63) is 29.8 Å². The normalized spacial score (nSPS) is 22.7. The molecule has 2 N–H and O–H groups in total. The number of nitrogens with two attached hydrogens (primary N) is 1. The van der Waals surface area contributed by atoms with Gasteiger partial charge in [-0.05, 0) is 36.3 Å². The molecule has 0 aromatic heterocycles. The van der Waals surface area contributed by atoms with Crippen molar-refractivity contribution in [1.82, 2.24) is 4.90 Å². The third-order valence-corrected chi connectivity index (χ3v) is 5.38. The van der Waals surface area contributed by atoms with E-state index in [1.54, 1.807) is 4.90 Å². The molecule has 0 spiro atoms. The van der Waals surface area contributed by atoms with E-state index >= 15 is 0 Å². The van der Waals surface area contributed by atoms with Crippen LogP contribution in [0, 0.1) is 5.41 Å². The standard InChI is InChI=1S/C19H27N3O2.ClH/c1-19(2)13-21(11-10-16(19)20)18(24)12-22-15-8-4-3-6-14(15)7-5-9-17(22)23;/h3-4,6,8,16H,5,7,9-13,20H2,1-2H3;1H. The molecule has 6 heteroatoms. The number of likely N-dealkylation sites (tertiary alicyclic amines) is 1. The molecule has 0 saturated carbocycles. The lowest BCUT2D eigenvalue weighted by atomic mass is 9.79. The van der Waals surface area contributed by atoms with Crippen LogP contribution in [0.5, 0.6) is 0 Å². The summed E-state index contributed by atoms with van der Waals surface area (Å²) < 4.78 is 0. The first-order chi connectivity index (χ1) is 11.4. The Bertz CT molecular complexity index is 647. The summed E-state index contributed by atoms with van der Waals surface area (Å²) in [5, 5.41) is 0. The number of benzene rings is 1. The third-order valence-electron chi connectivity index (χ3n) is 5.38. The van der Waals surface area contributed by atoms with Crippen molar-refractivity contribution in [2.75, 3.05) is 24.5 Å². The quantitative estimate of drug-likeness (QED) is 0.874. The number of hydrogen-bond acceptors (Lipinski definition) is 3. The molecule has 0 radical (unpaired) electrons. The zero-order valence-electron chi connectivity index (χ0n) is 15.0. The van der Waals surface area contributed by atoms with Crippen LogP contribution in [0.2, 0.25) is 0 Å². The van der Waals surface area contributed by atoms with E-state index in [-0.39, 0.29) is 42.2 Å². The predicted molar refractivity (Wildman–Crippen MR) is 102 cm³/mol. The zero-order chi connectivity index (χ0) is 17.3. The van der Waals surface area contributed by atoms with Crippen LogP contribution in [-0.2, 0) is 16.0 Å². The van der Waals surface area contributed by atoms with Crippen molar-refractivity contribution >= 4 is 29.9 Å². The molecule has 138 valence electrons. The predicted octanol–water partition coefficient (Wildman–Crippen LogP) is 2.36. The molecule has 1 aromatic carbocycles. The highest BCUT2D eigenvalue weighted by Gasteiger charge is 2.36. The largest absolute Gasteiger partial charge is 0.340 e. The summed E-state index contributed by atoms with van der Waals surface area (Å²) in [6, 6.07) is 8.03. The van der Waals surface area contributed by atoms with Gasteiger partial charge in [-0.2, -0.15) is 0 Å². The number of aryl methyl sites for hydroxylation is 1. The van der Waals surface area contributed by atoms with E-state index in [0.717, 1.165) is 30.5 Å². The van der Waals surface area contributed by atoms with Crippen molar-refractivity contribution in [2.45, 2.75) is 45.6 Å². The first-order valence-corrected chi connectivity index (χ1v) is 8.80. The second-order valence-electron chi connectivity index (χ2n) is 7.66. The molecule has 1 unspecified atom stereocenters. The molecular weight excluding hydrogens is 338 g/mol. The molecule has 3 rings (SSSR count). The van der Waals surface area contributed by atoms with Crippen molar-refractivity contribution < 1.29 is 9.59 Å². The minimum atomic E-state index is -0.0887. The Morgan fingerprint density at radius 3 is 2.72 bits per heavy atom. The van der Waals surface area contributed by atoms with Gasteiger partial charge in [-0.25, -0.2) is 0 Å². The molecular formula is C19H28ClN3O2. The Balaban J connectivity index is 0.00000225. The Morgan fingerprint density at radius 2 is 2.00 bits per heavy atom. The van der Waals surface area contributed by atoms with Crippen LogP contribution < -0.4 is 10.6 Å². The van der Waals surface area contributed by atoms with Crippen LogP contribution in [0.3, 0.4) is 0 Å². The van der Waals surface area contributed by atoms with Crippen LogP contribution in [0.1, 0.15) is 38.7 Å². The van der Waals surface area contributed by atoms with Gasteiger partial charge in [-0.3, -0.25) is 9.59 Å². The molecule has 5 nitrogen and oxygen atoms in total. The second kappa shape index (κ2) is 7.75. The average molecular weight is 366 g/mol. The first kappa shape index (κ1) is 19.7. The fourth-order valence-electron chi connectivity index (χ4n) is 3.68. The van der Waals surface area contributed by atoms with E-state index in [4.69, 9.17) is 5.73 Å². The average Bonchev–Trinajstić information content (AvgIpc) is 2.70. The van der Waals surface area contributed by atoms with Crippen LogP contribution in [0.4, 0.5) is 5.69 Å². The smallest absolute Gasteiger partial charge is 0.242 e. The number of piperidine rings is 1. The Hall–Kier alpha value is -1.59. The maximum absolute atomic E-state index is 12.8. The van der Waals surface area contributed by atoms with Gasteiger partial charge in [-0.15, -0.1) is 12.4 Å². The maximum atomic E-state index is 12.8. The first-order valence-electron chi connectivity index (χ1n) is 8.80. The molecule has 25 heavy (non-hydrogen) atoms. The fourth-order valence-corrected chi connectivity index (χ4v) is 3.68. The molecule has 1 atom stereocenters. The van der Waals surface area contributed by atoms with Crippen LogP contribution in [0.15, 0.2) is 24.3 Å². The van der Waals surface area contributed by atoms with Gasteiger partial charge in [0.1, 0.15) is 6.54 Å². The van der Waals surface area contributed by atoms with E-state index in [1.807, 2.05) is 23.1 Å². The summed E-state index contributed by atoms with van der Waals surface area (Å²) in [6.45, 7) is 5.65. The Kier molecular flexibility index (Phi) is 6.12. The molecule has 0 bridgehead atoms. The van der Waals surface area contributed by atoms with Gasteiger partial charge >= 0.3 is 0 Å². The minimum Gasteiger partial charge on any atom is -0.340 e. The van der Waals surface area contributed by atoms with E-state index < -0.39 is 0 Å². The summed E-state index contributed by atoms with van der Waals surface area (Å²) in [4.78, 5) is 28.9. The van der Waals surface area contributed by atoms with Gasteiger partial charge in [0.2, 0.25) is 11.8 Å². The SMILES string of the molecule is CC1(C)CN(C(=O)CN2C(=O)CCCc3ccccc32)CCC1N.Cl. The Morgan fingerprint density at radius 1 is 1.28 bits per heavy atom. The number of anilines is 1. The van der Waals surface area contributed by atoms with E-state index in [0.29, 0.717) is 19.5 Å². The molecule has 2 aliphatic heterocycles. The van der Waals surface area contributed by atoms with E-state index in [2.05, 4.69) is 19.9 Å². The van der Waals surface area contributed by atoms with Gasteiger partial charge in [0.15, 0.2) is 0 Å². The number of hydrogen-bond donors (Lipinski definition) is 1. The fraction of sp³-hybridized carbons (Fsp3) is 0.579. The van der Waals surface area contributed by atoms with Crippen LogP contribution >= 0.6 is 12.4 Å². The van der Waals surface area contributed by atoms with Gasteiger partial charge in [0.05, 0.1) is 0 Å². The monoisotopic (exact) mass is 365 g/mol. The molecule has 1 fully saturated rings. The zero-order valence-corrected chi connectivity index (χ0v) is 15.8. The number of nitrogens with zero attached hydrogens (tertiary/aromatic N) is 2. The lowest BCUT2D eigenvalue weighted by molar-refractivity contribution is -0.134. The summed E-state index contributed by atoms with van der Waals surface area (Å²) in [7, 11) is 0. The highest BCUT2D eigenvalue weighted by Crippen LogP contribution is 2.29. The third kappa shape index (κ3) is 4.15. The lowest BCUT2D eigenvalue weighted by Crippen LogP contribution is -2.55. The van der Waals surface area contributed by atoms with Gasteiger partial charge < -0.3 is 15.5 Å². The summed E-state index contributed by atoms with van der Waals surface area (Å²) in [5.41, 5.74) is 8.11. The molecule has 2 heterocycles. The number of carbonyl (C=O) groups is 2. The minimum absolute atomic E-state index is 0. The Labute approximate surface area is 155 Å². The topological polar surface area (TPSA) is 66.6 Å². The van der Waals surface area contributed by atoms with Gasteiger partial charge in [-0.1, -0.05) is 32.0 Å².